The number of benzene rings is 2. The van der Waals surface area contributed by atoms with E-state index < -0.39 is 0 Å². The number of nitrogen functional groups attached to an aromatic ring is 1. The van der Waals surface area contributed by atoms with Crippen molar-refractivity contribution < 1.29 is 4.79 Å². The maximum absolute atomic E-state index is 13.0. The maximum atomic E-state index is 13.0. The molecule has 8 heteroatoms. The van der Waals surface area contributed by atoms with Crippen molar-refractivity contribution in [1.82, 2.24) is 10.3 Å². The molecule has 1 heterocycles. The largest absolute Gasteiger partial charge is 0.404 e. The Balaban J connectivity index is 1.69. The number of aromatic nitrogens is 1. The molecule has 0 saturated heterocycles. The molecule has 0 saturated carbocycles. The predicted octanol–water partition coefficient (Wildman–Crippen LogP) is 3.44. The fourth-order valence-corrected chi connectivity index (χ4v) is 3.60. The first-order valence-corrected chi connectivity index (χ1v) is 11.2. The average Bonchev–Trinajstić information content (AvgIpc) is 2.89. The standard InChI is InChI=1S/C27H29N7O/c1-31-17-23(16-29)22-13-25(27(30)33-18-22)34-26(35)14-24(21-5-3-2-4-6-21)32-12-11-19-7-9-20(15-28)10-8-19/h2-10,13,16-18,24,32H,11-12,14,29H2,1H3,(H2,30,33)(H,34,35)/b23-16+,31-17?. The number of nitriles is 1. The van der Waals surface area contributed by atoms with E-state index in [2.05, 4.69) is 26.7 Å². The normalized spacial score (nSPS) is 12.3. The summed E-state index contributed by atoms with van der Waals surface area (Å²) in [5, 5.41) is 15.3. The molecule has 0 fully saturated rings. The highest BCUT2D eigenvalue weighted by Gasteiger charge is 2.17. The first-order chi connectivity index (χ1) is 17.0. The highest BCUT2D eigenvalue weighted by molar-refractivity contribution is 6.10. The predicted molar refractivity (Wildman–Crippen MR) is 141 cm³/mol. The Morgan fingerprint density at radius 3 is 2.60 bits per heavy atom. The second-order valence-electron chi connectivity index (χ2n) is 7.89. The number of amides is 1. The topological polar surface area (TPSA) is 142 Å². The molecule has 3 rings (SSSR count). The molecule has 6 N–H and O–H groups in total. The molecule has 2 aromatic carbocycles. The van der Waals surface area contributed by atoms with Gasteiger partial charge in [-0.1, -0.05) is 42.5 Å². The van der Waals surface area contributed by atoms with Crippen LogP contribution in [-0.4, -0.2) is 30.7 Å². The SMILES string of the molecule is CN=C/C(=C\N)c1cnc(N)c(NC(=O)CC(NCCc2ccc(C#N)cc2)c2ccccc2)c1. The lowest BCUT2D eigenvalue weighted by molar-refractivity contribution is -0.116. The minimum absolute atomic E-state index is 0.196. The zero-order valence-electron chi connectivity index (χ0n) is 19.6. The van der Waals surface area contributed by atoms with Crippen LogP contribution in [0.25, 0.3) is 5.57 Å². The van der Waals surface area contributed by atoms with Crippen LogP contribution in [0.15, 0.2) is 78.1 Å². The van der Waals surface area contributed by atoms with Crippen LogP contribution in [0.1, 0.15) is 34.7 Å². The molecule has 1 unspecified atom stereocenters. The Morgan fingerprint density at radius 1 is 1.20 bits per heavy atom. The van der Waals surface area contributed by atoms with Crippen LogP contribution < -0.4 is 22.1 Å². The summed E-state index contributed by atoms with van der Waals surface area (Å²) in [6.45, 7) is 0.666. The Bertz CT molecular complexity index is 1230. The molecule has 3 aromatic rings. The third-order valence-electron chi connectivity index (χ3n) is 5.45. The van der Waals surface area contributed by atoms with E-state index in [9.17, 15) is 4.79 Å². The Morgan fingerprint density at radius 2 is 1.94 bits per heavy atom. The number of pyridine rings is 1. The number of hydrogen-bond acceptors (Lipinski definition) is 7. The molecule has 1 amide bonds. The number of nitrogens with zero attached hydrogens (tertiary/aromatic N) is 3. The van der Waals surface area contributed by atoms with Gasteiger partial charge in [0.25, 0.3) is 0 Å². The zero-order valence-corrected chi connectivity index (χ0v) is 19.6. The molecule has 1 atom stereocenters. The third kappa shape index (κ3) is 7.25. The molecule has 8 nitrogen and oxygen atoms in total. The van der Waals surface area contributed by atoms with Gasteiger partial charge >= 0.3 is 0 Å². The first-order valence-electron chi connectivity index (χ1n) is 11.2. The number of aliphatic imine (C=N–C) groups is 1. The van der Waals surface area contributed by atoms with Crippen LogP contribution in [0.5, 0.6) is 0 Å². The molecule has 0 spiro atoms. The number of nitrogens with two attached hydrogens (primary N) is 2. The summed E-state index contributed by atoms with van der Waals surface area (Å²) in [5.74, 6) is 0.0229. The Hall–Kier alpha value is -4.48. The van der Waals surface area contributed by atoms with Crippen molar-refractivity contribution in [2.75, 3.05) is 24.6 Å². The van der Waals surface area contributed by atoms with Gasteiger partial charge in [-0.3, -0.25) is 9.79 Å². The summed E-state index contributed by atoms with van der Waals surface area (Å²) in [4.78, 5) is 21.2. The van der Waals surface area contributed by atoms with E-state index in [1.165, 1.54) is 6.20 Å². The quantitative estimate of drug-likeness (QED) is 0.337. The molecular formula is C27H29N7O. The van der Waals surface area contributed by atoms with E-state index >= 15 is 0 Å². The van der Waals surface area contributed by atoms with Crippen molar-refractivity contribution in [3.8, 4) is 6.07 Å². The molecule has 35 heavy (non-hydrogen) atoms. The number of anilines is 2. The van der Waals surface area contributed by atoms with E-state index in [4.69, 9.17) is 16.7 Å². The van der Waals surface area contributed by atoms with E-state index in [-0.39, 0.29) is 24.2 Å². The summed E-state index contributed by atoms with van der Waals surface area (Å²) < 4.78 is 0. The van der Waals surface area contributed by atoms with Crippen molar-refractivity contribution in [3.63, 3.8) is 0 Å². The third-order valence-corrected chi connectivity index (χ3v) is 5.45. The first kappa shape index (κ1) is 25.1. The minimum Gasteiger partial charge on any atom is -0.404 e. The zero-order chi connectivity index (χ0) is 25.0. The number of carbonyl (C=O) groups excluding carboxylic acids is 1. The molecule has 0 radical (unpaired) electrons. The van der Waals surface area contributed by atoms with Gasteiger partial charge in [-0.25, -0.2) is 4.98 Å². The maximum Gasteiger partial charge on any atom is 0.226 e. The van der Waals surface area contributed by atoms with Crippen LogP contribution in [0.2, 0.25) is 0 Å². The van der Waals surface area contributed by atoms with Crippen LogP contribution in [0, 0.1) is 11.3 Å². The van der Waals surface area contributed by atoms with Gasteiger partial charge in [-0.15, -0.1) is 0 Å². The summed E-state index contributed by atoms with van der Waals surface area (Å²) in [7, 11) is 1.65. The van der Waals surface area contributed by atoms with Crippen molar-refractivity contribution >= 4 is 29.2 Å². The van der Waals surface area contributed by atoms with Crippen molar-refractivity contribution in [2.45, 2.75) is 18.9 Å². The van der Waals surface area contributed by atoms with E-state index in [1.807, 2.05) is 54.6 Å². The number of nitrogens with one attached hydrogen (secondary N) is 2. The van der Waals surface area contributed by atoms with Crippen LogP contribution in [-0.2, 0) is 11.2 Å². The number of rotatable bonds is 10. The van der Waals surface area contributed by atoms with Crippen LogP contribution >= 0.6 is 0 Å². The molecule has 0 aliphatic rings. The molecular weight excluding hydrogens is 438 g/mol. The van der Waals surface area contributed by atoms with Gasteiger partial charge in [0, 0.05) is 49.3 Å². The molecule has 0 aliphatic heterocycles. The minimum atomic E-state index is -0.196. The van der Waals surface area contributed by atoms with E-state index in [1.54, 1.807) is 25.5 Å². The van der Waals surface area contributed by atoms with Gasteiger partial charge in [0.1, 0.15) is 5.82 Å². The number of hydrogen-bond donors (Lipinski definition) is 4. The van der Waals surface area contributed by atoms with Crippen molar-refractivity contribution in [3.05, 3.63) is 95.3 Å². The summed E-state index contributed by atoms with van der Waals surface area (Å²) >= 11 is 0. The van der Waals surface area contributed by atoms with Gasteiger partial charge in [-0.2, -0.15) is 5.26 Å². The average molecular weight is 468 g/mol. The summed E-state index contributed by atoms with van der Waals surface area (Å²) in [6, 6.07) is 21.0. The monoisotopic (exact) mass is 467 g/mol. The van der Waals surface area contributed by atoms with Gasteiger partial charge in [0.05, 0.1) is 17.3 Å². The summed E-state index contributed by atoms with van der Waals surface area (Å²) in [5.41, 5.74) is 16.2. The molecule has 0 aliphatic carbocycles. The fraction of sp³-hybridized carbons (Fsp3) is 0.185. The summed E-state index contributed by atoms with van der Waals surface area (Å²) in [6.07, 6.45) is 5.60. The lowest BCUT2D eigenvalue weighted by atomic mass is 10.0. The smallest absolute Gasteiger partial charge is 0.226 e. The van der Waals surface area contributed by atoms with E-state index in [0.717, 1.165) is 17.5 Å². The van der Waals surface area contributed by atoms with Gasteiger partial charge in [0.2, 0.25) is 5.91 Å². The fourth-order valence-electron chi connectivity index (χ4n) is 3.60. The lowest BCUT2D eigenvalue weighted by Crippen LogP contribution is -2.28. The number of carbonyl (C=O) groups is 1. The van der Waals surface area contributed by atoms with Gasteiger partial charge in [-0.05, 0) is 42.3 Å². The highest BCUT2D eigenvalue weighted by atomic mass is 16.1. The van der Waals surface area contributed by atoms with Gasteiger partial charge < -0.3 is 22.1 Å². The van der Waals surface area contributed by atoms with Gasteiger partial charge in [0.15, 0.2) is 0 Å². The van der Waals surface area contributed by atoms with Crippen LogP contribution in [0.3, 0.4) is 0 Å². The highest BCUT2D eigenvalue weighted by Crippen LogP contribution is 2.23. The van der Waals surface area contributed by atoms with Crippen LogP contribution in [0.4, 0.5) is 11.5 Å². The molecule has 0 bridgehead atoms. The Labute approximate surface area is 205 Å². The lowest BCUT2D eigenvalue weighted by Gasteiger charge is -2.19. The van der Waals surface area contributed by atoms with E-state index in [0.29, 0.717) is 28.9 Å². The molecule has 1 aromatic heterocycles. The number of allylic oxidation sites excluding steroid dienone is 1. The molecule has 178 valence electrons. The second kappa shape index (κ2) is 12.7. The second-order valence-corrected chi connectivity index (χ2v) is 7.89. The van der Waals surface area contributed by atoms with Crippen molar-refractivity contribution in [2.24, 2.45) is 10.7 Å². The van der Waals surface area contributed by atoms with Crippen molar-refractivity contribution in [1.29, 1.82) is 5.26 Å². The Kier molecular flexibility index (Phi) is 9.11.